The van der Waals surface area contributed by atoms with E-state index in [-0.39, 0.29) is 11.7 Å². The Kier molecular flexibility index (Phi) is 8.00. The molecule has 0 atom stereocenters. The van der Waals surface area contributed by atoms with E-state index in [4.69, 9.17) is 4.74 Å². The minimum atomic E-state index is -3.15. The Labute approximate surface area is 189 Å². The van der Waals surface area contributed by atoms with Crippen LogP contribution in [-0.2, 0) is 21.3 Å². The predicted molar refractivity (Wildman–Crippen MR) is 123 cm³/mol. The molecule has 8 nitrogen and oxygen atoms in total. The fourth-order valence-corrected chi connectivity index (χ4v) is 4.61. The molecule has 0 spiro atoms. The molecule has 1 aliphatic heterocycles. The lowest BCUT2D eigenvalue weighted by Crippen LogP contribution is -2.48. The summed E-state index contributed by atoms with van der Waals surface area (Å²) in [6, 6.07) is 13.9. The Bertz CT molecular complexity index is 1050. The first-order valence-electron chi connectivity index (χ1n) is 10.7. The van der Waals surface area contributed by atoms with Gasteiger partial charge in [-0.15, -0.1) is 0 Å². The summed E-state index contributed by atoms with van der Waals surface area (Å²) < 4.78 is 30.5. The number of hydrogen-bond acceptors (Lipinski definition) is 6. The third-order valence-electron chi connectivity index (χ3n) is 5.34. The first kappa shape index (κ1) is 23.9. The monoisotopic (exact) mass is 459 g/mol. The van der Waals surface area contributed by atoms with Gasteiger partial charge >= 0.3 is 5.97 Å². The number of nitrogens with one attached hydrogen (secondary N) is 1. The number of hydrogen-bond donors (Lipinski definition) is 1. The maximum Gasteiger partial charge on any atom is 0.338 e. The zero-order chi connectivity index (χ0) is 23.1. The Morgan fingerprint density at radius 3 is 2.28 bits per heavy atom. The second kappa shape index (κ2) is 10.7. The van der Waals surface area contributed by atoms with Crippen LogP contribution in [0.25, 0.3) is 0 Å². The number of rotatable bonds is 8. The second-order valence-electron chi connectivity index (χ2n) is 7.53. The van der Waals surface area contributed by atoms with E-state index >= 15 is 0 Å². The number of carbonyl (C=O) groups is 2. The number of amides is 1. The van der Waals surface area contributed by atoms with Crippen LogP contribution in [0.3, 0.4) is 0 Å². The molecule has 172 valence electrons. The van der Waals surface area contributed by atoms with Crippen LogP contribution in [0, 0.1) is 0 Å². The van der Waals surface area contributed by atoms with Gasteiger partial charge in [-0.25, -0.2) is 13.2 Å². The molecule has 0 unspecified atom stereocenters. The molecule has 2 aromatic rings. The third kappa shape index (κ3) is 6.15. The van der Waals surface area contributed by atoms with Gasteiger partial charge in [0.05, 0.1) is 17.9 Å². The molecular weight excluding hydrogens is 430 g/mol. The van der Waals surface area contributed by atoms with Gasteiger partial charge in [0.25, 0.3) is 5.91 Å². The van der Waals surface area contributed by atoms with E-state index in [0.717, 1.165) is 5.56 Å². The van der Waals surface area contributed by atoms with E-state index in [1.807, 2.05) is 18.2 Å². The van der Waals surface area contributed by atoms with Gasteiger partial charge in [-0.1, -0.05) is 12.1 Å². The van der Waals surface area contributed by atoms with Crippen LogP contribution in [0.1, 0.15) is 40.1 Å². The van der Waals surface area contributed by atoms with Crippen LogP contribution < -0.4 is 5.32 Å². The van der Waals surface area contributed by atoms with Crippen LogP contribution in [0.2, 0.25) is 0 Å². The second-order valence-corrected chi connectivity index (χ2v) is 9.79. The summed E-state index contributed by atoms with van der Waals surface area (Å²) >= 11 is 0. The van der Waals surface area contributed by atoms with Gasteiger partial charge in [-0.05, 0) is 55.8 Å². The molecule has 0 aromatic heterocycles. The number of anilines is 1. The maximum atomic E-state index is 12.7. The number of carbonyl (C=O) groups excluding carboxylic acids is 2. The molecule has 1 aliphatic rings. The van der Waals surface area contributed by atoms with E-state index in [0.29, 0.717) is 56.1 Å². The van der Waals surface area contributed by atoms with E-state index in [9.17, 15) is 18.0 Å². The molecule has 3 rings (SSSR count). The molecule has 1 heterocycles. The quantitative estimate of drug-likeness (QED) is 0.610. The summed E-state index contributed by atoms with van der Waals surface area (Å²) in [5.41, 5.74) is 2.53. The molecule has 32 heavy (non-hydrogen) atoms. The summed E-state index contributed by atoms with van der Waals surface area (Å²) in [6.45, 7) is 6.64. The highest BCUT2D eigenvalue weighted by atomic mass is 32.2. The summed E-state index contributed by atoms with van der Waals surface area (Å²) in [5.74, 6) is -0.517. The van der Waals surface area contributed by atoms with Crippen LogP contribution in [0.4, 0.5) is 5.69 Å². The van der Waals surface area contributed by atoms with Crippen LogP contribution in [-0.4, -0.2) is 68.0 Å². The van der Waals surface area contributed by atoms with Gasteiger partial charge < -0.3 is 10.1 Å². The van der Waals surface area contributed by atoms with E-state index < -0.39 is 16.0 Å². The molecule has 0 bridgehead atoms. The fourth-order valence-electron chi connectivity index (χ4n) is 3.52. The number of ether oxygens (including phenoxy) is 1. The lowest BCUT2D eigenvalue weighted by Gasteiger charge is -2.33. The van der Waals surface area contributed by atoms with Crippen molar-refractivity contribution in [1.82, 2.24) is 9.21 Å². The van der Waals surface area contributed by atoms with Crippen molar-refractivity contribution in [3.05, 3.63) is 65.2 Å². The van der Waals surface area contributed by atoms with Crippen LogP contribution in [0.15, 0.2) is 48.5 Å². The fraction of sp³-hybridized carbons (Fsp3) is 0.391. The van der Waals surface area contributed by atoms with Crippen molar-refractivity contribution in [3.63, 3.8) is 0 Å². The summed E-state index contributed by atoms with van der Waals surface area (Å²) in [4.78, 5) is 26.6. The average molecular weight is 460 g/mol. The number of sulfonamides is 1. The molecule has 1 fully saturated rings. The van der Waals surface area contributed by atoms with E-state index in [2.05, 4.69) is 10.2 Å². The van der Waals surface area contributed by atoms with Crippen molar-refractivity contribution < 1.29 is 22.7 Å². The highest BCUT2D eigenvalue weighted by molar-refractivity contribution is 7.89. The topological polar surface area (TPSA) is 96.0 Å². The molecule has 2 aromatic carbocycles. The van der Waals surface area contributed by atoms with Crippen molar-refractivity contribution in [2.75, 3.05) is 43.9 Å². The number of piperazine rings is 1. The standard InChI is InChI=1S/C23H29N3O5S/c1-3-31-23(28)19-8-10-21(11-9-19)24-22(27)20-7-5-6-18(16-20)17-25-12-14-26(15-13-25)32(29,30)4-2/h5-11,16H,3-4,12-15,17H2,1-2H3,(H,24,27). The van der Waals surface area contributed by atoms with E-state index in [1.165, 1.54) is 0 Å². The molecule has 1 N–H and O–H groups in total. The zero-order valence-corrected chi connectivity index (χ0v) is 19.2. The molecule has 0 aliphatic carbocycles. The Balaban J connectivity index is 1.58. The minimum Gasteiger partial charge on any atom is -0.462 e. The summed E-state index contributed by atoms with van der Waals surface area (Å²) in [7, 11) is -3.15. The summed E-state index contributed by atoms with van der Waals surface area (Å²) in [5, 5.41) is 2.84. The first-order valence-corrected chi connectivity index (χ1v) is 12.3. The number of esters is 1. The Morgan fingerprint density at radius 1 is 0.969 bits per heavy atom. The smallest absolute Gasteiger partial charge is 0.338 e. The lowest BCUT2D eigenvalue weighted by atomic mass is 10.1. The van der Waals surface area contributed by atoms with Gasteiger partial charge in [-0.2, -0.15) is 4.31 Å². The number of nitrogens with zero attached hydrogens (tertiary/aromatic N) is 2. The van der Waals surface area contributed by atoms with Crippen molar-refractivity contribution in [2.45, 2.75) is 20.4 Å². The van der Waals surface area contributed by atoms with Crippen LogP contribution >= 0.6 is 0 Å². The molecule has 0 saturated carbocycles. The maximum absolute atomic E-state index is 12.7. The SMILES string of the molecule is CCOC(=O)c1ccc(NC(=O)c2cccc(CN3CCN(S(=O)(=O)CC)CC3)c2)cc1. The minimum absolute atomic E-state index is 0.121. The average Bonchev–Trinajstić information content (AvgIpc) is 2.80. The van der Waals surface area contributed by atoms with Gasteiger partial charge in [0.15, 0.2) is 0 Å². The molecule has 1 amide bonds. The largest absolute Gasteiger partial charge is 0.462 e. The molecule has 9 heteroatoms. The zero-order valence-electron chi connectivity index (χ0n) is 18.4. The van der Waals surface area contributed by atoms with Crippen LogP contribution in [0.5, 0.6) is 0 Å². The molecular formula is C23H29N3O5S. The Morgan fingerprint density at radius 2 is 1.66 bits per heavy atom. The molecule has 0 radical (unpaired) electrons. The lowest BCUT2D eigenvalue weighted by molar-refractivity contribution is 0.0526. The molecule has 1 saturated heterocycles. The normalized spacial score (nSPS) is 15.3. The highest BCUT2D eigenvalue weighted by Crippen LogP contribution is 2.15. The summed E-state index contributed by atoms with van der Waals surface area (Å²) in [6.07, 6.45) is 0. The van der Waals surface area contributed by atoms with Gasteiger partial charge in [0, 0.05) is 44.0 Å². The van der Waals surface area contributed by atoms with Gasteiger partial charge in [0.1, 0.15) is 0 Å². The highest BCUT2D eigenvalue weighted by Gasteiger charge is 2.25. The van der Waals surface area contributed by atoms with Gasteiger partial charge in [-0.3, -0.25) is 9.69 Å². The Hall–Kier alpha value is -2.75. The van der Waals surface area contributed by atoms with Gasteiger partial charge in [0.2, 0.25) is 10.0 Å². The van der Waals surface area contributed by atoms with Crippen molar-refractivity contribution in [1.29, 1.82) is 0 Å². The van der Waals surface area contributed by atoms with Crippen molar-refractivity contribution in [3.8, 4) is 0 Å². The predicted octanol–water partition coefficient (Wildman–Crippen LogP) is 2.58. The van der Waals surface area contributed by atoms with Crippen molar-refractivity contribution in [2.24, 2.45) is 0 Å². The number of benzene rings is 2. The first-order chi connectivity index (χ1) is 15.3. The van der Waals surface area contributed by atoms with E-state index in [1.54, 1.807) is 48.5 Å². The van der Waals surface area contributed by atoms with Crippen molar-refractivity contribution >= 4 is 27.6 Å². The third-order valence-corrected chi connectivity index (χ3v) is 7.22.